The van der Waals surface area contributed by atoms with Crippen molar-refractivity contribution in [2.24, 2.45) is 0 Å². The summed E-state index contributed by atoms with van der Waals surface area (Å²) in [6.45, 7) is 0. The van der Waals surface area contributed by atoms with Crippen LogP contribution >= 0.6 is 0 Å². The lowest BCUT2D eigenvalue weighted by molar-refractivity contribution is 0.103. The lowest BCUT2D eigenvalue weighted by Gasteiger charge is -2.15. The Labute approximate surface area is 115 Å². The molecule has 2 aromatic carbocycles. The normalized spacial score (nSPS) is 13.2. The molecule has 0 spiro atoms. The third-order valence-corrected chi connectivity index (χ3v) is 3.80. The van der Waals surface area contributed by atoms with E-state index in [9.17, 15) is 4.79 Å². The van der Waals surface area contributed by atoms with Crippen LogP contribution in [0.25, 0.3) is 11.0 Å². The first-order chi connectivity index (χ1) is 9.78. The van der Waals surface area contributed by atoms with E-state index in [4.69, 9.17) is 9.15 Å². The Balaban J connectivity index is 1.96. The average Bonchev–Trinajstić information content (AvgIpc) is 2.85. The molecule has 0 saturated carbocycles. The maximum atomic E-state index is 12.7. The van der Waals surface area contributed by atoms with Crippen molar-refractivity contribution in [3.05, 3.63) is 64.9 Å². The number of carbonyl (C=O) groups excluding carboxylic acids is 1. The summed E-state index contributed by atoms with van der Waals surface area (Å²) in [5.41, 5.74) is 3.18. The number of rotatable bonds is 1. The molecule has 1 aliphatic rings. The molecule has 3 nitrogen and oxygen atoms in total. The summed E-state index contributed by atoms with van der Waals surface area (Å²) >= 11 is 0. The van der Waals surface area contributed by atoms with E-state index in [0.717, 1.165) is 33.6 Å². The SMILES string of the molecule is COc1ccc2c(c1)Cc1oc3ccccc3c1C2=O. The molecule has 0 amide bonds. The van der Waals surface area contributed by atoms with Gasteiger partial charge >= 0.3 is 0 Å². The van der Waals surface area contributed by atoms with Gasteiger partial charge in [0.1, 0.15) is 17.1 Å². The van der Waals surface area contributed by atoms with Gasteiger partial charge in [-0.1, -0.05) is 18.2 Å². The number of hydrogen-bond donors (Lipinski definition) is 0. The van der Waals surface area contributed by atoms with Crippen molar-refractivity contribution in [1.82, 2.24) is 0 Å². The molecule has 0 aliphatic heterocycles. The fourth-order valence-electron chi connectivity index (χ4n) is 2.84. The highest BCUT2D eigenvalue weighted by Gasteiger charge is 2.28. The molecule has 1 heterocycles. The Morgan fingerprint density at radius 2 is 2.00 bits per heavy atom. The maximum absolute atomic E-state index is 12.7. The topological polar surface area (TPSA) is 39.4 Å². The molecule has 1 aromatic heterocycles. The largest absolute Gasteiger partial charge is 0.497 e. The first kappa shape index (κ1) is 11.3. The van der Waals surface area contributed by atoms with E-state index in [0.29, 0.717) is 12.0 Å². The summed E-state index contributed by atoms with van der Waals surface area (Å²) in [4.78, 5) is 12.7. The van der Waals surface area contributed by atoms with Crippen LogP contribution in [0.4, 0.5) is 0 Å². The van der Waals surface area contributed by atoms with Crippen LogP contribution in [-0.4, -0.2) is 12.9 Å². The molecule has 20 heavy (non-hydrogen) atoms. The number of methoxy groups -OCH3 is 1. The number of para-hydroxylation sites is 1. The summed E-state index contributed by atoms with van der Waals surface area (Å²) in [6, 6.07) is 13.2. The van der Waals surface area contributed by atoms with Crippen LogP contribution < -0.4 is 4.74 Å². The zero-order chi connectivity index (χ0) is 13.7. The Kier molecular flexibility index (Phi) is 2.24. The fourth-order valence-corrected chi connectivity index (χ4v) is 2.84. The van der Waals surface area contributed by atoms with Gasteiger partial charge in [-0.2, -0.15) is 0 Å². The van der Waals surface area contributed by atoms with Crippen molar-refractivity contribution in [3.8, 4) is 5.75 Å². The van der Waals surface area contributed by atoms with Crippen molar-refractivity contribution >= 4 is 16.8 Å². The Hall–Kier alpha value is -2.55. The highest BCUT2D eigenvalue weighted by atomic mass is 16.5. The first-order valence-electron chi connectivity index (χ1n) is 6.50. The summed E-state index contributed by atoms with van der Waals surface area (Å²) < 4.78 is 11.1. The van der Waals surface area contributed by atoms with E-state index >= 15 is 0 Å². The molecule has 0 bridgehead atoms. The molecule has 0 radical (unpaired) electrons. The van der Waals surface area contributed by atoms with Crippen molar-refractivity contribution in [2.75, 3.05) is 7.11 Å². The minimum absolute atomic E-state index is 0.0360. The maximum Gasteiger partial charge on any atom is 0.197 e. The van der Waals surface area contributed by atoms with Crippen LogP contribution in [0.1, 0.15) is 27.2 Å². The number of benzene rings is 2. The Morgan fingerprint density at radius 1 is 1.15 bits per heavy atom. The lowest BCUT2D eigenvalue weighted by atomic mass is 9.88. The molecule has 0 fully saturated rings. The third-order valence-electron chi connectivity index (χ3n) is 3.80. The van der Waals surface area contributed by atoms with E-state index < -0.39 is 0 Å². The standard InChI is InChI=1S/C17H12O3/c1-19-11-6-7-12-10(8-11)9-15-16(17(12)18)13-4-2-3-5-14(13)20-15/h2-8H,9H2,1H3. The second-order valence-corrected chi connectivity index (χ2v) is 4.93. The number of ketones is 1. The van der Waals surface area contributed by atoms with Gasteiger partial charge in [0.15, 0.2) is 5.78 Å². The lowest BCUT2D eigenvalue weighted by Crippen LogP contribution is -2.13. The van der Waals surface area contributed by atoms with Crippen LogP contribution in [0, 0.1) is 0 Å². The van der Waals surface area contributed by atoms with Gasteiger partial charge in [-0.25, -0.2) is 0 Å². The van der Waals surface area contributed by atoms with Gasteiger partial charge in [-0.15, -0.1) is 0 Å². The van der Waals surface area contributed by atoms with Gasteiger partial charge in [-0.05, 0) is 29.8 Å². The molecular formula is C17H12O3. The molecule has 1 aliphatic carbocycles. The smallest absolute Gasteiger partial charge is 0.197 e. The van der Waals surface area contributed by atoms with Gasteiger partial charge in [0.25, 0.3) is 0 Å². The molecule has 0 unspecified atom stereocenters. The molecule has 3 aromatic rings. The molecular weight excluding hydrogens is 252 g/mol. The summed E-state index contributed by atoms with van der Waals surface area (Å²) in [7, 11) is 1.62. The van der Waals surface area contributed by atoms with Crippen molar-refractivity contribution < 1.29 is 13.9 Å². The minimum atomic E-state index is 0.0360. The highest BCUT2D eigenvalue weighted by Crippen LogP contribution is 2.35. The Bertz CT molecular complexity index is 843. The van der Waals surface area contributed by atoms with Crippen LogP contribution in [0.15, 0.2) is 46.9 Å². The van der Waals surface area contributed by atoms with Gasteiger partial charge in [-0.3, -0.25) is 4.79 Å². The van der Waals surface area contributed by atoms with Crippen LogP contribution in [0.2, 0.25) is 0 Å². The predicted molar refractivity (Wildman–Crippen MR) is 75.4 cm³/mol. The Morgan fingerprint density at radius 3 is 2.85 bits per heavy atom. The summed E-state index contributed by atoms with van der Waals surface area (Å²) in [5.74, 6) is 1.54. The van der Waals surface area contributed by atoms with E-state index in [-0.39, 0.29) is 5.78 Å². The number of furan rings is 1. The zero-order valence-corrected chi connectivity index (χ0v) is 11.0. The predicted octanol–water partition coefficient (Wildman–Crippen LogP) is 3.58. The van der Waals surface area contributed by atoms with E-state index in [1.807, 2.05) is 42.5 Å². The quantitative estimate of drug-likeness (QED) is 0.527. The van der Waals surface area contributed by atoms with Crippen LogP contribution in [0.5, 0.6) is 5.75 Å². The number of hydrogen-bond acceptors (Lipinski definition) is 3. The molecule has 0 atom stereocenters. The van der Waals surface area contributed by atoms with Gasteiger partial charge < -0.3 is 9.15 Å². The van der Waals surface area contributed by atoms with Gasteiger partial charge in [0.05, 0.1) is 12.7 Å². The van der Waals surface area contributed by atoms with Crippen LogP contribution in [-0.2, 0) is 6.42 Å². The zero-order valence-electron chi connectivity index (χ0n) is 11.0. The van der Waals surface area contributed by atoms with E-state index in [2.05, 4.69) is 0 Å². The molecule has 98 valence electrons. The monoisotopic (exact) mass is 264 g/mol. The fraction of sp³-hybridized carbons (Fsp3) is 0.118. The van der Waals surface area contributed by atoms with Crippen molar-refractivity contribution in [2.45, 2.75) is 6.42 Å². The molecule has 4 rings (SSSR count). The summed E-state index contributed by atoms with van der Waals surface area (Å²) in [6.07, 6.45) is 0.627. The van der Waals surface area contributed by atoms with Crippen molar-refractivity contribution in [3.63, 3.8) is 0 Å². The second-order valence-electron chi connectivity index (χ2n) is 4.93. The van der Waals surface area contributed by atoms with E-state index in [1.165, 1.54) is 0 Å². The molecule has 0 saturated heterocycles. The number of fused-ring (bicyclic) bond motifs is 4. The van der Waals surface area contributed by atoms with E-state index in [1.54, 1.807) is 7.11 Å². The van der Waals surface area contributed by atoms with Gasteiger partial charge in [0, 0.05) is 17.4 Å². The number of ether oxygens (including phenoxy) is 1. The number of carbonyl (C=O) groups is 1. The van der Waals surface area contributed by atoms with Crippen LogP contribution in [0.3, 0.4) is 0 Å². The minimum Gasteiger partial charge on any atom is -0.497 e. The highest BCUT2D eigenvalue weighted by molar-refractivity contribution is 6.18. The molecule has 3 heteroatoms. The third kappa shape index (κ3) is 1.43. The van der Waals surface area contributed by atoms with Crippen molar-refractivity contribution in [1.29, 1.82) is 0 Å². The first-order valence-corrected chi connectivity index (χ1v) is 6.50. The molecule has 0 N–H and O–H groups in total. The average molecular weight is 264 g/mol. The summed E-state index contributed by atoms with van der Waals surface area (Å²) in [5, 5.41) is 0.897. The van der Waals surface area contributed by atoms with Gasteiger partial charge in [0.2, 0.25) is 0 Å². The second kappa shape index (κ2) is 3.97.